The zero-order valence-corrected chi connectivity index (χ0v) is 13.4. The summed E-state index contributed by atoms with van der Waals surface area (Å²) in [5, 5.41) is 8.92. The molecular weight excluding hydrogens is 314 g/mol. The number of aromatic nitrogens is 2. The average molecular weight is 330 g/mol. The van der Waals surface area contributed by atoms with E-state index in [2.05, 4.69) is 10.4 Å². The molecule has 0 aliphatic heterocycles. The van der Waals surface area contributed by atoms with E-state index in [9.17, 15) is 4.79 Å². The maximum absolute atomic E-state index is 11.9. The van der Waals surface area contributed by atoms with Crippen LogP contribution in [-0.2, 0) is 18.4 Å². The molecule has 0 atom stereocenters. The molecular formula is C17H16ClN3O2. The molecule has 1 heterocycles. The van der Waals surface area contributed by atoms with Gasteiger partial charge in [0.05, 0.1) is 17.8 Å². The van der Waals surface area contributed by atoms with Gasteiger partial charge in [-0.1, -0.05) is 29.8 Å². The third kappa shape index (κ3) is 3.63. The minimum Gasteiger partial charge on any atom is -0.484 e. The Morgan fingerprint density at radius 2 is 1.96 bits per heavy atom. The van der Waals surface area contributed by atoms with E-state index in [4.69, 9.17) is 16.3 Å². The first-order valence-electron chi connectivity index (χ1n) is 7.19. The zero-order valence-electron chi connectivity index (χ0n) is 12.6. The number of rotatable bonds is 5. The fourth-order valence-electron chi connectivity index (χ4n) is 2.33. The van der Waals surface area contributed by atoms with Gasteiger partial charge in [0.1, 0.15) is 5.75 Å². The molecule has 0 bridgehead atoms. The summed E-state index contributed by atoms with van der Waals surface area (Å²) in [6, 6.07) is 14.8. The van der Waals surface area contributed by atoms with Crippen molar-refractivity contribution >= 4 is 28.4 Å². The van der Waals surface area contributed by atoms with E-state index >= 15 is 0 Å². The highest BCUT2D eigenvalue weighted by Gasteiger charge is 2.09. The molecule has 0 saturated carbocycles. The second-order valence-corrected chi connectivity index (χ2v) is 5.54. The van der Waals surface area contributed by atoms with Crippen LogP contribution in [0, 0.1) is 0 Å². The van der Waals surface area contributed by atoms with Crippen molar-refractivity contribution < 1.29 is 9.53 Å². The molecule has 5 nitrogen and oxygen atoms in total. The summed E-state index contributed by atoms with van der Waals surface area (Å²) in [6.45, 7) is 0.316. The summed E-state index contributed by atoms with van der Waals surface area (Å²) in [5.74, 6) is 0.405. The van der Waals surface area contributed by atoms with Gasteiger partial charge in [0.25, 0.3) is 5.91 Å². The van der Waals surface area contributed by atoms with Crippen molar-refractivity contribution in [2.45, 2.75) is 6.54 Å². The lowest BCUT2D eigenvalue weighted by Crippen LogP contribution is -2.28. The molecule has 118 valence electrons. The van der Waals surface area contributed by atoms with Crippen LogP contribution in [0.25, 0.3) is 10.9 Å². The summed E-state index contributed by atoms with van der Waals surface area (Å²) in [7, 11) is 1.89. The lowest BCUT2D eigenvalue weighted by Gasteiger charge is -2.06. The Kier molecular flexibility index (Phi) is 4.48. The van der Waals surface area contributed by atoms with Gasteiger partial charge in [-0.05, 0) is 30.3 Å². The molecule has 0 saturated heterocycles. The van der Waals surface area contributed by atoms with Crippen LogP contribution in [0.15, 0.2) is 48.5 Å². The Hall–Kier alpha value is -2.53. The third-order valence-corrected chi connectivity index (χ3v) is 3.72. The normalized spacial score (nSPS) is 10.7. The first-order valence-corrected chi connectivity index (χ1v) is 7.57. The Labute approximate surface area is 138 Å². The zero-order chi connectivity index (χ0) is 16.2. The van der Waals surface area contributed by atoms with Gasteiger partial charge in [0, 0.05) is 17.5 Å². The molecule has 0 aliphatic carbocycles. The van der Waals surface area contributed by atoms with Gasteiger partial charge in [-0.3, -0.25) is 9.48 Å². The first-order chi connectivity index (χ1) is 11.1. The van der Waals surface area contributed by atoms with E-state index in [0.29, 0.717) is 17.3 Å². The number of carbonyl (C=O) groups excluding carboxylic acids is 1. The number of nitrogens with one attached hydrogen (secondary N) is 1. The second kappa shape index (κ2) is 6.71. The molecule has 0 radical (unpaired) electrons. The van der Waals surface area contributed by atoms with Gasteiger partial charge in [0.2, 0.25) is 0 Å². The standard InChI is InChI=1S/C17H16ClN3O2/c1-21-16-5-3-2-4-14(16)15(20-21)10-19-17(22)11-23-13-8-6-12(18)7-9-13/h2-9H,10-11H2,1H3,(H,19,22). The van der Waals surface area contributed by atoms with Crippen molar-refractivity contribution in [1.29, 1.82) is 0 Å². The summed E-state index contributed by atoms with van der Waals surface area (Å²) in [6.07, 6.45) is 0. The summed E-state index contributed by atoms with van der Waals surface area (Å²) in [5.41, 5.74) is 1.87. The van der Waals surface area contributed by atoms with Crippen molar-refractivity contribution in [3.8, 4) is 5.75 Å². The maximum Gasteiger partial charge on any atom is 0.258 e. The van der Waals surface area contributed by atoms with E-state index in [1.165, 1.54) is 0 Å². The number of benzene rings is 2. The van der Waals surface area contributed by atoms with Crippen molar-refractivity contribution in [1.82, 2.24) is 15.1 Å². The van der Waals surface area contributed by atoms with Crippen molar-refractivity contribution in [3.05, 3.63) is 59.2 Å². The number of carbonyl (C=O) groups is 1. The van der Waals surface area contributed by atoms with E-state index in [1.54, 1.807) is 28.9 Å². The Morgan fingerprint density at radius 3 is 2.74 bits per heavy atom. The predicted octanol–water partition coefficient (Wildman–Crippen LogP) is 2.92. The highest BCUT2D eigenvalue weighted by atomic mass is 35.5. The van der Waals surface area contributed by atoms with Gasteiger partial charge < -0.3 is 10.1 Å². The van der Waals surface area contributed by atoms with Gasteiger partial charge in [-0.25, -0.2) is 0 Å². The fraction of sp³-hybridized carbons (Fsp3) is 0.176. The third-order valence-electron chi connectivity index (χ3n) is 3.47. The number of para-hydroxylation sites is 1. The first kappa shape index (κ1) is 15.4. The van der Waals surface area contributed by atoms with E-state index in [0.717, 1.165) is 16.6 Å². The minimum atomic E-state index is -0.199. The Balaban J connectivity index is 1.57. The van der Waals surface area contributed by atoms with Gasteiger partial charge in [-0.15, -0.1) is 0 Å². The molecule has 2 aromatic carbocycles. The van der Waals surface area contributed by atoms with Crippen LogP contribution in [-0.4, -0.2) is 22.3 Å². The summed E-state index contributed by atoms with van der Waals surface area (Å²) >= 11 is 5.80. The van der Waals surface area contributed by atoms with Crippen LogP contribution in [0.2, 0.25) is 5.02 Å². The smallest absolute Gasteiger partial charge is 0.258 e. The molecule has 0 spiro atoms. The van der Waals surface area contributed by atoms with Gasteiger partial charge in [0.15, 0.2) is 6.61 Å². The SMILES string of the molecule is Cn1nc(CNC(=O)COc2ccc(Cl)cc2)c2ccccc21. The number of halogens is 1. The summed E-state index contributed by atoms with van der Waals surface area (Å²) < 4.78 is 7.21. The topological polar surface area (TPSA) is 56.2 Å². The van der Waals surface area contributed by atoms with Crippen molar-refractivity contribution in [2.24, 2.45) is 7.05 Å². The van der Waals surface area contributed by atoms with Gasteiger partial charge in [-0.2, -0.15) is 5.10 Å². The van der Waals surface area contributed by atoms with Crippen LogP contribution in [0.5, 0.6) is 5.75 Å². The van der Waals surface area contributed by atoms with Crippen molar-refractivity contribution in [2.75, 3.05) is 6.61 Å². The van der Waals surface area contributed by atoms with E-state index in [-0.39, 0.29) is 12.5 Å². The number of hydrogen-bond acceptors (Lipinski definition) is 3. The molecule has 3 aromatic rings. The largest absolute Gasteiger partial charge is 0.484 e. The van der Waals surface area contributed by atoms with Gasteiger partial charge >= 0.3 is 0 Å². The number of nitrogens with zero attached hydrogens (tertiary/aromatic N) is 2. The van der Waals surface area contributed by atoms with Crippen LogP contribution in [0.4, 0.5) is 0 Å². The number of fused-ring (bicyclic) bond motifs is 1. The van der Waals surface area contributed by atoms with Crippen LogP contribution in [0.3, 0.4) is 0 Å². The average Bonchev–Trinajstić information content (AvgIpc) is 2.89. The molecule has 1 amide bonds. The monoisotopic (exact) mass is 329 g/mol. The molecule has 23 heavy (non-hydrogen) atoms. The maximum atomic E-state index is 11.9. The molecule has 3 rings (SSSR count). The van der Waals surface area contributed by atoms with E-state index < -0.39 is 0 Å². The van der Waals surface area contributed by atoms with E-state index in [1.807, 2.05) is 31.3 Å². The van der Waals surface area contributed by atoms with Crippen molar-refractivity contribution in [3.63, 3.8) is 0 Å². The fourth-order valence-corrected chi connectivity index (χ4v) is 2.46. The molecule has 0 fully saturated rings. The quantitative estimate of drug-likeness (QED) is 0.783. The minimum absolute atomic E-state index is 0.0492. The molecule has 1 aromatic heterocycles. The number of aryl methyl sites for hydroxylation is 1. The number of ether oxygens (including phenoxy) is 1. The molecule has 0 unspecified atom stereocenters. The lowest BCUT2D eigenvalue weighted by molar-refractivity contribution is -0.123. The molecule has 1 N–H and O–H groups in total. The number of hydrogen-bond donors (Lipinski definition) is 1. The molecule has 6 heteroatoms. The predicted molar refractivity (Wildman–Crippen MR) is 89.5 cm³/mol. The summed E-state index contributed by atoms with van der Waals surface area (Å²) in [4.78, 5) is 11.9. The Bertz CT molecular complexity index is 827. The highest BCUT2D eigenvalue weighted by molar-refractivity contribution is 6.30. The molecule has 0 aliphatic rings. The lowest BCUT2D eigenvalue weighted by atomic mass is 10.2. The Morgan fingerprint density at radius 1 is 1.22 bits per heavy atom. The van der Waals surface area contributed by atoms with Crippen LogP contribution < -0.4 is 10.1 Å². The van der Waals surface area contributed by atoms with Crippen LogP contribution >= 0.6 is 11.6 Å². The number of amides is 1. The van der Waals surface area contributed by atoms with Crippen LogP contribution in [0.1, 0.15) is 5.69 Å². The second-order valence-electron chi connectivity index (χ2n) is 5.11. The highest BCUT2D eigenvalue weighted by Crippen LogP contribution is 2.17.